The minimum Gasteiger partial charge on any atom is -0.506 e. The van der Waals surface area contributed by atoms with Gasteiger partial charge in [-0.2, -0.15) is 0 Å². The number of benzene rings is 1. The van der Waals surface area contributed by atoms with Crippen LogP contribution in [0.2, 0.25) is 0 Å². The molecule has 3 heteroatoms. The molecule has 0 bridgehead atoms. The first kappa shape index (κ1) is 11.0. The molecule has 1 aromatic carbocycles. The van der Waals surface area contributed by atoms with E-state index in [0.29, 0.717) is 12.3 Å². The lowest BCUT2D eigenvalue weighted by Crippen LogP contribution is -2.10. The third-order valence-corrected chi connectivity index (χ3v) is 4.19. The van der Waals surface area contributed by atoms with Crippen molar-refractivity contribution in [1.82, 2.24) is 0 Å². The van der Waals surface area contributed by atoms with Crippen LogP contribution in [0.1, 0.15) is 35.1 Å². The van der Waals surface area contributed by atoms with Crippen LogP contribution < -0.4 is 5.73 Å². The molecular weight excluding hydrogens is 254 g/mol. The maximum atomic E-state index is 10.0. The van der Waals surface area contributed by atoms with Gasteiger partial charge in [0.2, 0.25) is 0 Å². The zero-order valence-electron chi connectivity index (χ0n) is 8.94. The van der Waals surface area contributed by atoms with Gasteiger partial charge in [-0.15, -0.1) is 0 Å². The Kier molecular flexibility index (Phi) is 3.03. The van der Waals surface area contributed by atoms with Gasteiger partial charge in [-0.1, -0.05) is 0 Å². The topological polar surface area (TPSA) is 46.2 Å². The summed E-state index contributed by atoms with van der Waals surface area (Å²) in [6.07, 6.45) is 4.64. The summed E-state index contributed by atoms with van der Waals surface area (Å²) in [7, 11) is 0. The van der Waals surface area contributed by atoms with Gasteiger partial charge in [-0.3, -0.25) is 0 Å². The number of fused-ring (bicyclic) bond motifs is 1. The second kappa shape index (κ2) is 4.14. The Morgan fingerprint density at radius 1 is 1.27 bits per heavy atom. The van der Waals surface area contributed by atoms with Crippen LogP contribution in [0.4, 0.5) is 0 Å². The SMILES string of the molecule is Cc1c(CN)c(O)c(Br)c2c1CCCC2. The normalized spacial score (nSPS) is 15.1. The van der Waals surface area contributed by atoms with Crippen molar-refractivity contribution in [1.29, 1.82) is 0 Å². The van der Waals surface area contributed by atoms with Gasteiger partial charge in [-0.05, 0) is 65.2 Å². The fourth-order valence-electron chi connectivity index (χ4n) is 2.45. The highest BCUT2D eigenvalue weighted by Crippen LogP contribution is 2.40. The Morgan fingerprint density at radius 3 is 2.47 bits per heavy atom. The van der Waals surface area contributed by atoms with Gasteiger partial charge in [-0.25, -0.2) is 0 Å². The van der Waals surface area contributed by atoms with Gasteiger partial charge in [0.15, 0.2) is 0 Å². The minimum atomic E-state index is 0.343. The molecule has 1 aromatic rings. The van der Waals surface area contributed by atoms with Gasteiger partial charge in [0.05, 0.1) is 4.47 Å². The molecule has 0 spiro atoms. The van der Waals surface area contributed by atoms with Gasteiger partial charge < -0.3 is 10.8 Å². The van der Waals surface area contributed by atoms with Crippen molar-refractivity contribution in [3.63, 3.8) is 0 Å². The molecule has 0 radical (unpaired) electrons. The van der Waals surface area contributed by atoms with Crippen molar-refractivity contribution in [2.75, 3.05) is 0 Å². The predicted molar refractivity (Wildman–Crippen MR) is 65.1 cm³/mol. The van der Waals surface area contributed by atoms with Crippen LogP contribution in [0, 0.1) is 6.92 Å². The van der Waals surface area contributed by atoms with E-state index in [0.717, 1.165) is 22.9 Å². The molecule has 15 heavy (non-hydrogen) atoms. The summed E-state index contributed by atoms with van der Waals surface area (Å²) in [4.78, 5) is 0. The fourth-order valence-corrected chi connectivity index (χ4v) is 3.12. The van der Waals surface area contributed by atoms with Crippen LogP contribution in [-0.2, 0) is 19.4 Å². The lowest BCUT2D eigenvalue weighted by molar-refractivity contribution is 0.461. The largest absolute Gasteiger partial charge is 0.506 e. The number of hydrogen-bond donors (Lipinski definition) is 2. The summed E-state index contributed by atoms with van der Waals surface area (Å²) in [5.74, 6) is 0.343. The van der Waals surface area contributed by atoms with E-state index in [1.165, 1.54) is 29.5 Å². The molecule has 1 aliphatic rings. The highest BCUT2D eigenvalue weighted by Gasteiger charge is 2.21. The molecule has 0 saturated carbocycles. The van der Waals surface area contributed by atoms with E-state index in [4.69, 9.17) is 5.73 Å². The van der Waals surface area contributed by atoms with Gasteiger partial charge in [0.25, 0.3) is 0 Å². The van der Waals surface area contributed by atoms with Crippen molar-refractivity contribution in [2.24, 2.45) is 5.73 Å². The minimum absolute atomic E-state index is 0.343. The Labute approximate surface area is 98.6 Å². The Bertz CT molecular complexity index is 401. The highest BCUT2D eigenvalue weighted by molar-refractivity contribution is 9.10. The van der Waals surface area contributed by atoms with Crippen LogP contribution in [0.5, 0.6) is 5.75 Å². The number of hydrogen-bond acceptors (Lipinski definition) is 2. The summed E-state index contributed by atoms with van der Waals surface area (Å²) in [6, 6.07) is 0. The lowest BCUT2D eigenvalue weighted by Gasteiger charge is -2.23. The summed E-state index contributed by atoms with van der Waals surface area (Å²) >= 11 is 3.49. The van der Waals surface area contributed by atoms with Crippen LogP contribution in [0.3, 0.4) is 0 Å². The monoisotopic (exact) mass is 269 g/mol. The molecule has 1 aliphatic carbocycles. The average Bonchev–Trinajstić information content (AvgIpc) is 2.27. The summed E-state index contributed by atoms with van der Waals surface area (Å²) in [5, 5.41) is 10.0. The number of aromatic hydroxyl groups is 1. The second-order valence-electron chi connectivity index (χ2n) is 4.13. The predicted octanol–water partition coefficient (Wildman–Crippen LogP) is 2.80. The number of rotatable bonds is 1. The van der Waals surface area contributed by atoms with Crippen LogP contribution in [0.25, 0.3) is 0 Å². The van der Waals surface area contributed by atoms with E-state index >= 15 is 0 Å². The summed E-state index contributed by atoms with van der Waals surface area (Å²) < 4.78 is 0.864. The number of phenols is 1. The fraction of sp³-hybridized carbons (Fsp3) is 0.500. The van der Waals surface area contributed by atoms with E-state index < -0.39 is 0 Å². The van der Waals surface area contributed by atoms with Crippen LogP contribution in [-0.4, -0.2) is 5.11 Å². The smallest absolute Gasteiger partial charge is 0.134 e. The molecule has 3 N–H and O–H groups in total. The molecule has 0 saturated heterocycles. The molecule has 0 heterocycles. The van der Waals surface area contributed by atoms with Crippen molar-refractivity contribution in [2.45, 2.75) is 39.2 Å². The van der Waals surface area contributed by atoms with E-state index in [-0.39, 0.29) is 0 Å². The lowest BCUT2D eigenvalue weighted by atomic mass is 9.86. The molecular formula is C12H16BrNO. The molecule has 0 aliphatic heterocycles. The van der Waals surface area contributed by atoms with Crippen molar-refractivity contribution < 1.29 is 5.11 Å². The van der Waals surface area contributed by atoms with E-state index in [1.807, 2.05) is 0 Å². The van der Waals surface area contributed by atoms with Crippen molar-refractivity contribution >= 4 is 15.9 Å². The van der Waals surface area contributed by atoms with E-state index in [9.17, 15) is 5.11 Å². The standard InChI is InChI=1S/C12H16BrNO/c1-7-8-4-2-3-5-9(8)11(13)12(15)10(7)6-14/h15H,2-6,14H2,1H3. The third-order valence-electron chi connectivity index (χ3n) is 3.34. The molecule has 0 unspecified atom stereocenters. The van der Waals surface area contributed by atoms with Crippen LogP contribution >= 0.6 is 15.9 Å². The highest BCUT2D eigenvalue weighted by atomic mass is 79.9. The first-order chi connectivity index (χ1) is 7.16. The number of halogens is 1. The maximum absolute atomic E-state index is 10.0. The van der Waals surface area contributed by atoms with Crippen molar-refractivity contribution in [3.05, 3.63) is 26.7 Å². The summed E-state index contributed by atoms with van der Waals surface area (Å²) in [5.41, 5.74) is 10.4. The quantitative estimate of drug-likeness (QED) is 0.824. The molecule has 0 fully saturated rings. The Balaban J connectivity index is 2.69. The molecule has 0 aromatic heterocycles. The third kappa shape index (κ3) is 1.68. The molecule has 2 rings (SSSR count). The zero-order chi connectivity index (χ0) is 11.0. The Morgan fingerprint density at radius 2 is 1.87 bits per heavy atom. The number of nitrogens with two attached hydrogens (primary N) is 1. The zero-order valence-corrected chi connectivity index (χ0v) is 10.5. The maximum Gasteiger partial charge on any atom is 0.134 e. The molecule has 2 nitrogen and oxygen atoms in total. The van der Waals surface area contributed by atoms with E-state index in [2.05, 4.69) is 22.9 Å². The van der Waals surface area contributed by atoms with Crippen LogP contribution in [0.15, 0.2) is 4.47 Å². The molecule has 0 atom stereocenters. The Hall–Kier alpha value is -0.540. The molecule has 82 valence electrons. The summed E-state index contributed by atoms with van der Waals surface area (Å²) in [6.45, 7) is 2.47. The second-order valence-corrected chi connectivity index (χ2v) is 4.93. The first-order valence-corrected chi connectivity index (χ1v) is 6.17. The van der Waals surface area contributed by atoms with E-state index in [1.54, 1.807) is 0 Å². The average molecular weight is 270 g/mol. The van der Waals surface area contributed by atoms with Gasteiger partial charge in [0, 0.05) is 12.1 Å². The van der Waals surface area contributed by atoms with Gasteiger partial charge in [0.1, 0.15) is 5.75 Å². The van der Waals surface area contributed by atoms with Crippen molar-refractivity contribution in [3.8, 4) is 5.75 Å². The first-order valence-electron chi connectivity index (χ1n) is 5.38. The molecule has 0 amide bonds. The number of phenolic OH excluding ortho intramolecular Hbond substituents is 1. The van der Waals surface area contributed by atoms with Gasteiger partial charge >= 0.3 is 0 Å².